The Morgan fingerprint density at radius 1 is 1.28 bits per heavy atom. The molecule has 0 aliphatic heterocycles. The van der Waals surface area contributed by atoms with E-state index in [1.807, 2.05) is 31.2 Å². The Labute approximate surface area is 109 Å². The summed E-state index contributed by atoms with van der Waals surface area (Å²) in [5.74, 6) is 1.04. The number of para-hydroxylation sites is 2. The van der Waals surface area contributed by atoms with Crippen molar-refractivity contribution >= 4 is 29.2 Å². The number of hydrogen-bond donors (Lipinski definition) is 2. The molecular formula is C11H12ClN5O. The lowest BCUT2D eigenvalue weighted by Gasteiger charge is -2.10. The van der Waals surface area contributed by atoms with Gasteiger partial charge in [-0.1, -0.05) is 12.1 Å². The summed E-state index contributed by atoms with van der Waals surface area (Å²) in [5, 5.41) is 3.03. The van der Waals surface area contributed by atoms with Crippen molar-refractivity contribution in [2.45, 2.75) is 6.92 Å². The first-order valence-electron chi connectivity index (χ1n) is 5.35. The molecule has 94 valence electrons. The second-order valence-corrected chi connectivity index (χ2v) is 3.68. The molecule has 0 aliphatic rings. The third kappa shape index (κ3) is 2.98. The number of ether oxygens (including phenoxy) is 1. The first kappa shape index (κ1) is 12.4. The van der Waals surface area contributed by atoms with E-state index in [0.717, 1.165) is 5.69 Å². The van der Waals surface area contributed by atoms with Gasteiger partial charge in [-0.2, -0.15) is 15.0 Å². The molecule has 1 heterocycles. The summed E-state index contributed by atoms with van der Waals surface area (Å²) in [6, 6.07) is 7.44. The summed E-state index contributed by atoms with van der Waals surface area (Å²) in [6.45, 7) is 2.48. The minimum atomic E-state index is 0.0406. The molecule has 1 aromatic heterocycles. The molecule has 0 bridgehead atoms. The number of rotatable bonds is 4. The van der Waals surface area contributed by atoms with Gasteiger partial charge in [0.2, 0.25) is 17.2 Å². The van der Waals surface area contributed by atoms with Crippen molar-refractivity contribution in [1.82, 2.24) is 15.0 Å². The average molecular weight is 266 g/mol. The van der Waals surface area contributed by atoms with E-state index in [1.165, 1.54) is 0 Å². The third-order valence-corrected chi connectivity index (χ3v) is 2.23. The molecule has 0 saturated carbocycles. The van der Waals surface area contributed by atoms with Crippen molar-refractivity contribution in [3.63, 3.8) is 0 Å². The number of hydrogen-bond acceptors (Lipinski definition) is 6. The van der Waals surface area contributed by atoms with Gasteiger partial charge >= 0.3 is 0 Å². The van der Waals surface area contributed by atoms with E-state index in [9.17, 15) is 0 Å². The normalized spacial score (nSPS) is 10.1. The Hall–Kier alpha value is -2.08. The van der Waals surface area contributed by atoms with Crippen molar-refractivity contribution in [3.8, 4) is 5.75 Å². The highest BCUT2D eigenvalue weighted by Gasteiger charge is 2.06. The fourth-order valence-electron chi connectivity index (χ4n) is 1.39. The lowest BCUT2D eigenvalue weighted by atomic mass is 10.3. The number of nitrogens with zero attached hydrogens (tertiary/aromatic N) is 3. The van der Waals surface area contributed by atoms with E-state index in [2.05, 4.69) is 20.3 Å². The van der Waals surface area contributed by atoms with Crippen LogP contribution in [0.25, 0.3) is 0 Å². The number of nitrogens with two attached hydrogens (primary N) is 1. The lowest BCUT2D eigenvalue weighted by molar-refractivity contribution is 0.342. The van der Waals surface area contributed by atoms with Gasteiger partial charge in [0.1, 0.15) is 5.75 Å². The molecule has 2 rings (SSSR count). The average Bonchev–Trinajstić information content (AvgIpc) is 2.30. The third-order valence-electron chi connectivity index (χ3n) is 2.06. The van der Waals surface area contributed by atoms with Crippen molar-refractivity contribution in [2.75, 3.05) is 17.7 Å². The zero-order valence-corrected chi connectivity index (χ0v) is 10.5. The summed E-state index contributed by atoms with van der Waals surface area (Å²) in [4.78, 5) is 11.5. The molecule has 7 heteroatoms. The van der Waals surface area contributed by atoms with E-state index in [1.54, 1.807) is 0 Å². The van der Waals surface area contributed by atoms with Crippen LogP contribution in [0.2, 0.25) is 5.28 Å². The van der Waals surface area contributed by atoms with Gasteiger partial charge in [0.25, 0.3) is 0 Å². The molecule has 0 unspecified atom stereocenters. The van der Waals surface area contributed by atoms with E-state index < -0.39 is 0 Å². The first-order valence-corrected chi connectivity index (χ1v) is 5.72. The van der Waals surface area contributed by atoms with Crippen molar-refractivity contribution < 1.29 is 4.74 Å². The van der Waals surface area contributed by atoms with Crippen LogP contribution in [0.1, 0.15) is 6.92 Å². The van der Waals surface area contributed by atoms with E-state index in [-0.39, 0.29) is 17.2 Å². The van der Waals surface area contributed by atoms with Crippen LogP contribution in [0, 0.1) is 0 Å². The van der Waals surface area contributed by atoms with Gasteiger partial charge in [0.15, 0.2) is 0 Å². The standard InChI is InChI=1S/C11H12ClN5O/c1-2-18-8-6-4-3-5-7(8)14-11-16-9(12)15-10(13)17-11/h3-6H,2H2,1H3,(H3,13,14,15,16,17). The van der Waals surface area contributed by atoms with Gasteiger partial charge < -0.3 is 15.8 Å². The van der Waals surface area contributed by atoms with Crippen LogP contribution in [-0.2, 0) is 0 Å². The summed E-state index contributed by atoms with van der Waals surface area (Å²) in [7, 11) is 0. The number of nitrogen functional groups attached to an aromatic ring is 1. The molecule has 0 spiro atoms. The Bertz CT molecular complexity index is 528. The Morgan fingerprint density at radius 3 is 2.78 bits per heavy atom. The Morgan fingerprint density at radius 2 is 2.06 bits per heavy atom. The van der Waals surface area contributed by atoms with Crippen LogP contribution in [0.5, 0.6) is 5.75 Å². The molecule has 3 N–H and O–H groups in total. The highest BCUT2D eigenvalue weighted by atomic mass is 35.5. The van der Waals surface area contributed by atoms with Crippen LogP contribution in [0.4, 0.5) is 17.6 Å². The van der Waals surface area contributed by atoms with Gasteiger partial charge in [0, 0.05) is 0 Å². The Kier molecular flexibility index (Phi) is 3.78. The smallest absolute Gasteiger partial charge is 0.233 e. The fraction of sp³-hybridized carbons (Fsp3) is 0.182. The lowest BCUT2D eigenvalue weighted by Crippen LogP contribution is -2.04. The zero-order chi connectivity index (χ0) is 13.0. The van der Waals surface area contributed by atoms with Gasteiger partial charge in [-0.15, -0.1) is 0 Å². The molecule has 0 aliphatic carbocycles. The molecule has 2 aromatic rings. The van der Waals surface area contributed by atoms with Crippen molar-refractivity contribution in [2.24, 2.45) is 0 Å². The number of benzene rings is 1. The number of nitrogens with one attached hydrogen (secondary N) is 1. The topological polar surface area (TPSA) is 86.0 Å². The van der Waals surface area contributed by atoms with Gasteiger partial charge in [-0.05, 0) is 30.7 Å². The molecule has 0 amide bonds. The minimum Gasteiger partial charge on any atom is -0.492 e. The highest BCUT2D eigenvalue weighted by Crippen LogP contribution is 2.26. The molecule has 0 saturated heterocycles. The molecule has 0 atom stereocenters. The van der Waals surface area contributed by atoms with Crippen molar-refractivity contribution in [1.29, 1.82) is 0 Å². The van der Waals surface area contributed by atoms with Crippen LogP contribution in [0.15, 0.2) is 24.3 Å². The quantitative estimate of drug-likeness (QED) is 0.882. The maximum atomic E-state index is 5.70. The maximum absolute atomic E-state index is 5.70. The maximum Gasteiger partial charge on any atom is 0.233 e. The summed E-state index contributed by atoms with van der Waals surface area (Å²) in [6.07, 6.45) is 0. The fourth-order valence-corrected chi connectivity index (χ4v) is 1.56. The highest BCUT2D eigenvalue weighted by molar-refractivity contribution is 6.28. The Balaban J connectivity index is 2.27. The predicted octanol–water partition coefficient (Wildman–Crippen LogP) is 2.25. The molecule has 18 heavy (non-hydrogen) atoms. The number of aromatic nitrogens is 3. The minimum absolute atomic E-state index is 0.0406. The molecule has 6 nitrogen and oxygen atoms in total. The van der Waals surface area contributed by atoms with E-state index >= 15 is 0 Å². The van der Waals surface area contributed by atoms with Gasteiger partial charge in [-0.3, -0.25) is 0 Å². The summed E-state index contributed by atoms with van der Waals surface area (Å²) < 4.78 is 5.47. The van der Waals surface area contributed by atoms with Crippen molar-refractivity contribution in [3.05, 3.63) is 29.5 Å². The number of anilines is 3. The first-order chi connectivity index (χ1) is 8.69. The zero-order valence-electron chi connectivity index (χ0n) is 9.72. The summed E-state index contributed by atoms with van der Waals surface area (Å²) >= 11 is 5.70. The molecule has 0 fully saturated rings. The SMILES string of the molecule is CCOc1ccccc1Nc1nc(N)nc(Cl)n1. The second kappa shape index (κ2) is 5.50. The van der Waals surface area contributed by atoms with E-state index in [0.29, 0.717) is 12.4 Å². The largest absolute Gasteiger partial charge is 0.492 e. The predicted molar refractivity (Wildman–Crippen MR) is 70.1 cm³/mol. The monoisotopic (exact) mass is 265 g/mol. The van der Waals surface area contributed by atoms with Crippen LogP contribution >= 0.6 is 11.6 Å². The van der Waals surface area contributed by atoms with Gasteiger partial charge in [0.05, 0.1) is 12.3 Å². The van der Waals surface area contributed by atoms with Crippen LogP contribution in [0.3, 0.4) is 0 Å². The molecule has 0 radical (unpaired) electrons. The molecular weight excluding hydrogens is 254 g/mol. The molecule has 1 aromatic carbocycles. The summed E-state index contributed by atoms with van der Waals surface area (Å²) in [5.41, 5.74) is 6.23. The van der Waals surface area contributed by atoms with Crippen LogP contribution < -0.4 is 15.8 Å². The van der Waals surface area contributed by atoms with E-state index in [4.69, 9.17) is 22.1 Å². The number of halogens is 1. The van der Waals surface area contributed by atoms with Crippen LogP contribution in [-0.4, -0.2) is 21.6 Å². The second-order valence-electron chi connectivity index (χ2n) is 3.34. The van der Waals surface area contributed by atoms with Gasteiger partial charge in [-0.25, -0.2) is 0 Å².